The van der Waals surface area contributed by atoms with Crippen LogP contribution in [0.3, 0.4) is 0 Å². The number of hydrogen-bond acceptors (Lipinski definition) is 3. The van der Waals surface area contributed by atoms with E-state index in [-0.39, 0.29) is 23.9 Å². The summed E-state index contributed by atoms with van der Waals surface area (Å²) in [6, 6.07) is 7.60. The Morgan fingerprint density at radius 3 is 2.70 bits per heavy atom. The van der Waals surface area contributed by atoms with Crippen LogP contribution < -0.4 is 15.8 Å². The predicted molar refractivity (Wildman–Crippen MR) is 82.3 cm³/mol. The highest BCUT2D eigenvalue weighted by Gasteiger charge is 2.33. The van der Waals surface area contributed by atoms with Crippen LogP contribution in [0.15, 0.2) is 24.3 Å². The molecule has 1 aliphatic carbocycles. The third-order valence-electron chi connectivity index (χ3n) is 3.85. The van der Waals surface area contributed by atoms with E-state index in [1.54, 1.807) is 7.11 Å². The summed E-state index contributed by atoms with van der Waals surface area (Å²) in [6.07, 6.45) is 4.66. The Kier molecular flexibility index (Phi) is 6.30. The largest absolute Gasteiger partial charge is 0.497 e. The molecule has 0 radical (unpaired) electrons. The minimum Gasteiger partial charge on any atom is -0.497 e. The minimum atomic E-state index is -0.171. The van der Waals surface area contributed by atoms with E-state index in [9.17, 15) is 4.79 Å². The van der Waals surface area contributed by atoms with Gasteiger partial charge >= 0.3 is 0 Å². The summed E-state index contributed by atoms with van der Waals surface area (Å²) in [5.41, 5.74) is 6.61. The van der Waals surface area contributed by atoms with Gasteiger partial charge in [0.2, 0.25) is 5.91 Å². The van der Waals surface area contributed by atoms with E-state index in [2.05, 4.69) is 5.32 Å². The number of nitrogens with two attached hydrogens (primary N) is 1. The molecule has 1 aromatic rings. The second-order valence-electron chi connectivity index (χ2n) is 5.27. The molecule has 2 rings (SSSR count). The highest BCUT2D eigenvalue weighted by molar-refractivity contribution is 5.85. The number of amides is 1. The first-order valence-corrected chi connectivity index (χ1v) is 6.81. The summed E-state index contributed by atoms with van der Waals surface area (Å²) in [7, 11) is 1.63. The van der Waals surface area contributed by atoms with E-state index in [1.165, 1.54) is 0 Å². The van der Waals surface area contributed by atoms with Crippen LogP contribution in [0.4, 0.5) is 0 Å². The van der Waals surface area contributed by atoms with Gasteiger partial charge in [-0.25, -0.2) is 0 Å². The van der Waals surface area contributed by atoms with Crippen molar-refractivity contribution in [3.63, 3.8) is 0 Å². The third kappa shape index (κ3) is 4.12. The molecule has 1 aliphatic rings. The number of nitrogens with one attached hydrogen (secondary N) is 1. The van der Waals surface area contributed by atoms with Gasteiger partial charge in [-0.2, -0.15) is 0 Å². The zero-order valence-corrected chi connectivity index (χ0v) is 12.7. The molecule has 0 atom stereocenters. The normalized spacial score (nSPS) is 16.3. The van der Waals surface area contributed by atoms with Crippen LogP contribution in [0.5, 0.6) is 5.75 Å². The molecule has 4 nitrogen and oxygen atoms in total. The van der Waals surface area contributed by atoms with Gasteiger partial charge in [-0.1, -0.05) is 25.0 Å². The summed E-state index contributed by atoms with van der Waals surface area (Å²) in [5.74, 6) is 0.820. The number of rotatable bonds is 5. The van der Waals surface area contributed by atoms with Gasteiger partial charge in [0.25, 0.3) is 0 Å². The fourth-order valence-corrected chi connectivity index (χ4v) is 2.74. The van der Waals surface area contributed by atoms with Crippen molar-refractivity contribution in [2.45, 2.75) is 37.6 Å². The van der Waals surface area contributed by atoms with Crippen LogP contribution in [0.2, 0.25) is 0 Å². The van der Waals surface area contributed by atoms with E-state index >= 15 is 0 Å². The van der Waals surface area contributed by atoms with E-state index < -0.39 is 0 Å². The molecule has 0 aliphatic heterocycles. The van der Waals surface area contributed by atoms with Crippen molar-refractivity contribution in [1.29, 1.82) is 0 Å². The van der Waals surface area contributed by atoms with Gasteiger partial charge in [-0.3, -0.25) is 4.79 Å². The lowest BCUT2D eigenvalue weighted by molar-refractivity contribution is -0.122. The molecule has 1 fully saturated rings. The Hall–Kier alpha value is -1.26. The quantitative estimate of drug-likeness (QED) is 0.874. The highest BCUT2D eigenvalue weighted by Crippen LogP contribution is 2.28. The van der Waals surface area contributed by atoms with Gasteiger partial charge in [-0.05, 0) is 30.5 Å². The van der Waals surface area contributed by atoms with Gasteiger partial charge in [0.1, 0.15) is 5.75 Å². The van der Waals surface area contributed by atoms with Crippen LogP contribution >= 0.6 is 12.4 Å². The Labute approximate surface area is 126 Å². The lowest BCUT2D eigenvalue weighted by Crippen LogP contribution is -2.52. The van der Waals surface area contributed by atoms with Crippen molar-refractivity contribution in [3.8, 4) is 5.75 Å². The molecule has 1 amide bonds. The zero-order valence-electron chi connectivity index (χ0n) is 11.9. The Bertz CT molecular complexity index is 445. The molecule has 112 valence electrons. The molecule has 0 bridgehead atoms. The first-order valence-electron chi connectivity index (χ1n) is 6.81. The number of halogens is 1. The number of methoxy groups -OCH3 is 1. The lowest BCUT2D eigenvalue weighted by atomic mass is 9.97. The maximum Gasteiger partial charge on any atom is 0.224 e. The molecule has 3 N–H and O–H groups in total. The number of hydrogen-bond donors (Lipinski definition) is 2. The number of carbonyl (C=O) groups is 1. The first-order chi connectivity index (χ1) is 9.17. The van der Waals surface area contributed by atoms with E-state index in [0.29, 0.717) is 13.0 Å². The molecular weight excluding hydrogens is 276 g/mol. The average molecular weight is 299 g/mol. The van der Waals surface area contributed by atoms with Gasteiger partial charge in [0.05, 0.1) is 19.1 Å². The van der Waals surface area contributed by atoms with Gasteiger partial charge in [0.15, 0.2) is 0 Å². The Balaban J connectivity index is 0.00000200. The van der Waals surface area contributed by atoms with Crippen LogP contribution in [0, 0.1) is 0 Å². The first kappa shape index (κ1) is 16.8. The zero-order chi connectivity index (χ0) is 13.7. The molecule has 5 heteroatoms. The van der Waals surface area contributed by atoms with Crippen molar-refractivity contribution < 1.29 is 9.53 Å². The van der Waals surface area contributed by atoms with Crippen LogP contribution in [-0.2, 0) is 11.2 Å². The van der Waals surface area contributed by atoms with Crippen molar-refractivity contribution in [2.24, 2.45) is 5.73 Å². The maximum atomic E-state index is 12.1. The van der Waals surface area contributed by atoms with Gasteiger partial charge in [-0.15, -0.1) is 12.4 Å². The Morgan fingerprint density at radius 2 is 2.10 bits per heavy atom. The van der Waals surface area contributed by atoms with Crippen molar-refractivity contribution in [1.82, 2.24) is 5.32 Å². The standard InChI is InChI=1S/C15H22N2O2.ClH/c1-19-13-6-4-5-12(9-13)10-14(18)17-15(11-16)7-2-3-8-15;/h4-6,9H,2-3,7-8,10-11,16H2,1H3,(H,17,18);1H. The fourth-order valence-electron chi connectivity index (χ4n) is 2.74. The lowest BCUT2D eigenvalue weighted by Gasteiger charge is -2.28. The molecule has 1 aromatic carbocycles. The maximum absolute atomic E-state index is 12.1. The number of benzene rings is 1. The molecule has 0 saturated heterocycles. The highest BCUT2D eigenvalue weighted by atomic mass is 35.5. The van der Waals surface area contributed by atoms with E-state index in [0.717, 1.165) is 37.0 Å². The molecule has 0 heterocycles. The van der Waals surface area contributed by atoms with Gasteiger partial charge in [0, 0.05) is 6.54 Å². The molecular formula is C15H23ClN2O2. The number of ether oxygens (including phenoxy) is 1. The average Bonchev–Trinajstić information content (AvgIpc) is 2.88. The monoisotopic (exact) mass is 298 g/mol. The molecule has 0 aromatic heterocycles. The van der Waals surface area contributed by atoms with Gasteiger partial charge < -0.3 is 15.8 Å². The molecule has 20 heavy (non-hydrogen) atoms. The van der Waals surface area contributed by atoms with Crippen molar-refractivity contribution in [2.75, 3.05) is 13.7 Å². The fraction of sp³-hybridized carbons (Fsp3) is 0.533. The summed E-state index contributed by atoms with van der Waals surface area (Å²) in [4.78, 5) is 12.1. The summed E-state index contributed by atoms with van der Waals surface area (Å²) in [6.45, 7) is 0.525. The van der Waals surface area contributed by atoms with Crippen LogP contribution in [0.25, 0.3) is 0 Å². The third-order valence-corrected chi connectivity index (χ3v) is 3.85. The van der Waals surface area contributed by atoms with E-state index in [1.807, 2.05) is 24.3 Å². The summed E-state index contributed by atoms with van der Waals surface area (Å²) >= 11 is 0. The second kappa shape index (κ2) is 7.50. The SMILES string of the molecule is COc1cccc(CC(=O)NC2(CN)CCCC2)c1.Cl. The predicted octanol–water partition coefficient (Wildman–Crippen LogP) is 2.05. The topological polar surface area (TPSA) is 64.3 Å². The van der Waals surface area contributed by atoms with Crippen LogP contribution in [0.1, 0.15) is 31.2 Å². The van der Waals surface area contributed by atoms with Crippen molar-refractivity contribution in [3.05, 3.63) is 29.8 Å². The summed E-state index contributed by atoms with van der Waals surface area (Å²) < 4.78 is 5.16. The minimum absolute atomic E-state index is 0. The molecule has 0 spiro atoms. The van der Waals surface area contributed by atoms with Crippen molar-refractivity contribution >= 4 is 18.3 Å². The van der Waals surface area contributed by atoms with Crippen LogP contribution in [-0.4, -0.2) is 25.1 Å². The smallest absolute Gasteiger partial charge is 0.224 e. The number of carbonyl (C=O) groups excluding carboxylic acids is 1. The second-order valence-corrected chi connectivity index (χ2v) is 5.27. The summed E-state index contributed by atoms with van der Waals surface area (Å²) in [5, 5.41) is 3.12. The molecule has 1 saturated carbocycles. The Morgan fingerprint density at radius 1 is 1.40 bits per heavy atom. The molecule has 0 unspecified atom stereocenters. The van der Waals surface area contributed by atoms with E-state index in [4.69, 9.17) is 10.5 Å².